The van der Waals surface area contributed by atoms with Crippen LogP contribution in [0.1, 0.15) is 34.3 Å². The van der Waals surface area contributed by atoms with E-state index in [9.17, 15) is 22.8 Å². The molecule has 1 atom stereocenters. The monoisotopic (exact) mass is 516 g/mol. The second-order valence-electron chi connectivity index (χ2n) is 10.1. The van der Waals surface area contributed by atoms with Crippen molar-refractivity contribution in [1.29, 1.82) is 0 Å². The Kier molecular flexibility index (Phi) is 9.34. The number of hydrogen-bond donors (Lipinski definition) is 1. The standard InChI is InChI=1S/C28H35F3N4O2/c29-28(30,31)25-8-4-7-24(18-25)27(37)32-19-26(36)17-23-9-10-34(21-23)14-11-33-12-15-35(16-13-33)20-22-5-2-1-3-6-22/h1-8,18,23H,9-17,19-21H2,(H,32,37)/t23-/m0/s1. The van der Waals surface area contributed by atoms with Crippen LogP contribution in [-0.2, 0) is 17.5 Å². The van der Waals surface area contributed by atoms with Crippen molar-refractivity contribution in [2.24, 2.45) is 5.92 Å². The fourth-order valence-corrected chi connectivity index (χ4v) is 5.09. The van der Waals surface area contributed by atoms with Gasteiger partial charge in [0.25, 0.3) is 5.91 Å². The number of amides is 1. The maximum atomic E-state index is 12.9. The first-order valence-electron chi connectivity index (χ1n) is 12.9. The van der Waals surface area contributed by atoms with Gasteiger partial charge in [-0.2, -0.15) is 13.2 Å². The van der Waals surface area contributed by atoms with E-state index >= 15 is 0 Å². The first-order chi connectivity index (χ1) is 17.8. The van der Waals surface area contributed by atoms with Gasteiger partial charge in [-0.1, -0.05) is 36.4 Å². The van der Waals surface area contributed by atoms with Crippen molar-refractivity contribution in [2.45, 2.75) is 25.6 Å². The van der Waals surface area contributed by atoms with Crippen molar-refractivity contribution in [3.05, 3.63) is 71.3 Å². The maximum absolute atomic E-state index is 12.9. The van der Waals surface area contributed by atoms with Crippen molar-refractivity contribution in [2.75, 3.05) is 58.9 Å². The highest BCUT2D eigenvalue weighted by Crippen LogP contribution is 2.29. The first kappa shape index (κ1) is 27.3. The topological polar surface area (TPSA) is 55.9 Å². The van der Waals surface area contributed by atoms with Crippen LogP contribution in [0, 0.1) is 5.92 Å². The summed E-state index contributed by atoms with van der Waals surface area (Å²) in [6, 6.07) is 14.8. The summed E-state index contributed by atoms with van der Waals surface area (Å²) in [5, 5.41) is 2.47. The number of likely N-dealkylation sites (tertiary alicyclic amines) is 1. The molecule has 200 valence electrons. The number of nitrogens with one attached hydrogen (secondary N) is 1. The average Bonchev–Trinajstić information content (AvgIpc) is 3.34. The van der Waals surface area contributed by atoms with Crippen molar-refractivity contribution in [1.82, 2.24) is 20.0 Å². The van der Waals surface area contributed by atoms with E-state index in [0.717, 1.165) is 77.5 Å². The molecule has 2 aromatic carbocycles. The Morgan fingerprint density at radius 1 is 0.865 bits per heavy atom. The van der Waals surface area contributed by atoms with Gasteiger partial charge in [0.1, 0.15) is 0 Å². The van der Waals surface area contributed by atoms with Crippen LogP contribution in [0.2, 0.25) is 0 Å². The van der Waals surface area contributed by atoms with Gasteiger partial charge in [-0.15, -0.1) is 0 Å². The number of nitrogens with zero attached hydrogens (tertiary/aromatic N) is 3. The van der Waals surface area contributed by atoms with Gasteiger partial charge in [-0.3, -0.25) is 19.4 Å². The molecule has 4 rings (SSSR count). The molecule has 0 radical (unpaired) electrons. The molecule has 2 saturated heterocycles. The predicted octanol–water partition coefficient (Wildman–Crippen LogP) is 3.53. The zero-order chi connectivity index (χ0) is 26.3. The smallest absolute Gasteiger partial charge is 0.345 e. The molecule has 0 saturated carbocycles. The summed E-state index contributed by atoms with van der Waals surface area (Å²) < 4.78 is 38.6. The zero-order valence-electron chi connectivity index (χ0n) is 21.1. The SMILES string of the molecule is O=C(CNC(=O)c1cccc(C(F)(F)F)c1)C[C@@H]1CCN(CCN2CCN(Cc3ccccc3)CC2)C1. The van der Waals surface area contributed by atoms with Crippen LogP contribution in [0.4, 0.5) is 13.2 Å². The van der Waals surface area contributed by atoms with E-state index in [1.165, 1.54) is 17.7 Å². The largest absolute Gasteiger partial charge is 0.416 e. The summed E-state index contributed by atoms with van der Waals surface area (Å²) in [6.07, 6.45) is -3.20. The Hall–Kier alpha value is -2.75. The molecular formula is C28H35F3N4O2. The first-order valence-corrected chi connectivity index (χ1v) is 12.9. The number of carbonyl (C=O) groups excluding carboxylic acids is 2. The van der Waals surface area contributed by atoms with Crippen molar-refractivity contribution in [3.8, 4) is 0 Å². The number of benzene rings is 2. The van der Waals surface area contributed by atoms with E-state index in [-0.39, 0.29) is 23.8 Å². The van der Waals surface area contributed by atoms with E-state index in [1.807, 2.05) is 6.07 Å². The second kappa shape index (κ2) is 12.7. The minimum Gasteiger partial charge on any atom is -0.345 e. The lowest BCUT2D eigenvalue weighted by Crippen LogP contribution is -2.47. The molecule has 9 heteroatoms. The number of piperazine rings is 1. The van der Waals surface area contributed by atoms with Crippen molar-refractivity contribution < 1.29 is 22.8 Å². The molecule has 37 heavy (non-hydrogen) atoms. The molecular weight excluding hydrogens is 481 g/mol. The van der Waals surface area contributed by atoms with Crippen LogP contribution in [0.3, 0.4) is 0 Å². The molecule has 1 N–H and O–H groups in total. The van der Waals surface area contributed by atoms with Crippen LogP contribution >= 0.6 is 0 Å². The maximum Gasteiger partial charge on any atom is 0.416 e. The fraction of sp³-hybridized carbons (Fsp3) is 0.500. The second-order valence-corrected chi connectivity index (χ2v) is 10.1. The molecule has 6 nitrogen and oxygen atoms in total. The zero-order valence-corrected chi connectivity index (χ0v) is 21.1. The molecule has 2 aromatic rings. The number of carbonyl (C=O) groups is 2. The van der Waals surface area contributed by atoms with Crippen LogP contribution in [0.25, 0.3) is 0 Å². The normalized spacial score (nSPS) is 19.7. The molecule has 0 unspecified atom stereocenters. The van der Waals surface area contributed by atoms with Crippen LogP contribution < -0.4 is 5.32 Å². The minimum absolute atomic E-state index is 0.0956. The van der Waals surface area contributed by atoms with Gasteiger partial charge in [-0.05, 0) is 42.6 Å². The summed E-state index contributed by atoms with van der Waals surface area (Å²) in [7, 11) is 0. The molecule has 2 heterocycles. The van der Waals surface area contributed by atoms with Crippen LogP contribution in [0.5, 0.6) is 0 Å². The highest BCUT2D eigenvalue weighted by molar-refractivity contribution is 5.96. The third-order valence-corrected chi connectivity index (χ3v) is 7.23. The van der Waals surface area contributed by atoms with Gasteiger partial charge < -0.3 is 10.2 Å². The Labute approximate surface area is 216 Å². The quantitative estimate of drug-likeness (QED) is 0.524. The van der Waals surface area contributed by atoms with Gasteiger partial charge >= 0.3 is 6.18 Å². The summed E-state index contributed by atoms with van der Waals surface area (Å²) in [6.45, 7) is 8.92. The third-order valence-electron chi connectivity index (χ3n) is 7.23. The van der Waals surface area contributed by atoms with E-state index in [2.05, 4.69) is 44.3 Å². The van der Waals surface area contributed by atoms with Crippen LogP contribution in [0.15, 0.2) is 54.6 Å². The Morgan fingerprint density at radius 3 is 2.30 bits per heavy atom. The molecule has 2 fully saturated rings. The van der Waals surface area contributed by atoms with Gasteiger partial charge in [0.2, 0.25) is 0 Å². The lowest BCUT2D eigenvalue weighted by atomic mass is 10.0. The minimum atomic E-state index is -4.52. The summed E-state index contributed by atoms with van der Waals surface area (Å²) in [4.78, 5) is 32.0. The summed E-state index contributed by atoms with van der Waals surface area (Å²) in [5.41, 5.74) is 0.367. The molecule has 0 spiro atoms. The molecule has 0 aliphatic carbocycles. The number of rotatable bonds is 10. The average molecular weight is 517 g/mol. The number of ketones is 1. The van der Waals surface area contributed by atoms with Gasteiger partial charge in [-0.25, -0.2) is 0 Å². The molecule has 1 amide bonds. The highest BCUT2D eigenvalue weighted by atomic mass is 19.4. The Morgan fingerprint density at radius 2 is 1.57 bits per heavy atom. The number of Topliss-reactive ketones (excluding diaryl/α,β-unsaturated/α-hetero) is 1. The van der Waals surface area contributed by atoms with Crippen LogP contribution in [-0.4, -0.2) is 85.3 Å². The van der Waals surface area contributed by atoms with E-state index in [0.29, 0.717) is 6.42 Å². The third kappa shape index (κ3) is 8.38. The Bertz CT molecular complexity index is 1040. The van der Waals surface area contributed by atoms with E-state index < -0.39 is 17.6 Å². The molecule has 0 aromatic heterocycles. The van der Waals surface area contributed by atoms with E-state index in [1.54, 1.807) is 0 Å². The van der Waals surface area contributed by atoms with Gasteiger partial charge in [0.05, 0.1) is 12.1 Å². The Balaban J connectivity index is 1.11. The van der Waals surface area contributed by atoms with Gasteiger partial charge in [0, 0.05) is 64.3 Å². The summed E-state index contributed by atoms with van der Waals surface area (Å²) >= 11 is 0. The lowest BCUT2D eigenvalue weighted by Gasteiger charge is -2.35. The van der Waals surface area contributed by atoms with E-state index in [4.69, 9.17) is 0 Å². The molecule has 0 bridgehead atoms. The number of halogens is 3. The van der Waals surface area contributed by atoms with Gasteiger partial charge in [0.15, 0.2) is 5.78 Å². The van der Waals surface area contributed by atoms with Crippen molar-refractivity contribution >= 4 is 11.7 Å². The molecule has 2 aliphatic rings. The lowest BCUT2D eigenvalue weighted by molar-refractivity contribution is -0.137. The molecule has 2 aliphatic heterocycles. The predicted molar refractivity (Wildman–Crippen MR) is 136 cm³/mol. The highest BCUT2D eigenvalue weighted by Gasteiger charge is 2.31. The fourth-order valence-electron chi connectivity index (χ4n) is 5.09. The summed E-state index contributed by atoms with van der Waals surface area (Å²) in [5.74, 6) is -0.515. The number of hydrogen-bond acceptors (Lipinski definition) is 5. The number of alkyl halides is 3. The van der Waals surface area contributed by atoms with Crippen molar-refractivity contribution in [3.63, 3.8) is 0 Å².